The Morgan fingerprint density at radius 3 is 3.00 bits per heavy atom. The van der Waals surface area contributed by atoms with Gasteiger partial charge in [0, 0.05) is 18.8 Å². The number of aryl methyl sites for hydroxylation is 1. The number of aromatic nitrogens is 2. The summed E-state index contributed by atoms with van der Waals surface area (Å²) in [5, 5.41) is 4.39. The third-order valence-corrected chi connectivity index (χ3v) is 3.38. The number of nitrogens with zero attached hydrogens (tertiary/aromatic N) is 3. The van der Waals surface area contributed by atoms with Gasteiger partial charge in [-0.3, -0.25) is 9.58 Å². The summed E-state index contributed by atoms with van der Waals surface area (Å²) in [6.45, 7) is 11.5. The van der Waals surface area contributed by atoms with E-state index in [1.54, 1.807) is 0 Å². The molecule has 0 aromatic carbocycles. The Bertz CT molecular complexity index is 381. The third kappa shape index (κ3) is 3.43. The van der Waals surface area contributed by atoms with Crippen molar-refractivity contribution in [1.29, 1.82) is 0 Å². The molecule has 0 amide bonds. The summed E-state index contributed by atoms with van der Waals surface area (Å²) in [4.78, 5) is 2.56. The molecule has 0 N–H and O–H groups in total. The molecule has 1 aliphatic rings. The van der Waals surface area contributed by atoms with Gasteiger partial charge in [-0.05, 0) is 38.8 Å². The number of hydrogen-bond donors (Lipinski definition) is 0. The number of rotatable bonds is 4. The normalized spacial score (nSPS) is 21.6. The first-order valence-corrected chi connectivity index (χ1v) is 6.52. The molecule has 1 aliphatic heterocycles. The molecule has 1 aromatic heterocycles. The Labute approximate surface area is 104 Å². The van der Waals surface area contributed by atoms with Crippen LogP contribution in [0.3, 0.4) is 0 Å². The van der Waals surface area contributed by atoms with E-state index in [2.05, 4.69) is 41.3 Å². The second kappa shape index (κ2) is 5.50. The second-order valence-corrected chi connectivity index (χ2v) is 5.32. The van der Waals surface area contributed by atoms with Gasteiger partial charge in [0.2, 0.25) is 0 Å². The van der Waals surface area contributed by atoms with Crippen molar-refractivity contribution in [1.82, 2.24) is 14.7 Å². The van der Waals surface area contributed by atoms with Gasteiger partial charge >= 0.3 is 0 Å². The zero-order chi connectivity index (χ0) is 12.3. The van der Waals surface area contributed by atoms with Gasteiger partial charge in [0.25, 0.3) is 0 Å². The van der Waals surface area contributed by atoms with Crippen molar-refractivity contribution >= 4 is 0 Å². The first kappa shape index (κ1) is 12.4. The molecule has 1 atom stereocenters. The topological polar surface area (TPSA) is 21.1 Å². The van der Waals surface area contributed by atoms with E-state index in [-0.39, 0.29) is 0 Å². The van der Waals surface area contributed by atoms with Crippen molar-refractivity contribution in [2.24, 2.45) is 0 Å². The van der Waals surface area contributed by atoms with Gasteiger partial charge in [0.15, 0.2) is 0 Å². The fourth-order valence-corrected chi connectivity index (χ4v) is 2.60. The molecule has 0 radical (unpaired) electrons. The second-order valence-electron chi connectivity index (χ2n) is 5.32. The van der Waals surface area contributed by atoms with Crippen LogP contribution in [0.15, 0.2) is 24.5 Å². The van der Waals surface area contributed by atoms with E-state index < -0.39 is 0 Å². The van der Waals surface area contributed by atoms with Gasteiger partial charge in [-0.15, -0.1) is 0 Å². The maximum Gasteiger partial charge on any atom is 0.0565 e. The molecule has 0 unspecified atom stereocenters. The van der Waals surface area contributed by atoms with Crippen molar-refractivity contribution in [3.63, 3.8) is 0 Å². The lowest BCUT2D eigenvalue weighted by Crippen LogP contribution is -2.42. The number of hydrogen-bond acceptors (Lipinski definition) is 2. The van der Waals surface area contributed by atoms with Crippen molar-refractivity contribution in [3.8, 4) is 0 Å². The highest BCUT2D eigenvalue weighted by Gasteiger charge is 2.22. The molecule has 1 fully saturated rings. The molecule has 0 saturated carbocycles. The van der Waals surface area contributed by atoms with Crippen LogP contribution in [0.2, 0.25) is 0 Å². The molecular formula is C14H23N3. The van der Waals surface area contributed by atoms with Crippen LogP contribution in [0, 0.1) is 6.92 Å². The quantitative estimate of drug-likeness (QED) is 0.745. The van der Waals surface area contributed by atoms with E-state index in [0.717, 1.165) is 13.1 Å². The maximum atomic E-state index is 4.39. The Balaban J connectivity index is 1.98. The Kier molecular flexibility index (Phi) is 4.00. The van der Waals surface area contributed by atoms with E-state index in [0.29, 0.717) is 6.04 Å². The van der Waals surface area contributed by atoms with E-state index in [9.17, 15) is 0 Å². The van der Waals surface area contributed by atoms with Crippen LogP contribution in [0.25, 0.3) is 0 Å². The minimum atomic E-state index is 0.625. The van der Waals surface area contributed by atoms with E-state index >= 15 is 0 Å². The molecule has 0 spiro atoms. The summed E-state index contributed by atoms with van der Waals surface area (Å²) in [5.41, 5.74) is 2.50. The van der Waals surface area contributed by atoms with Crippen LogP contribution in [0.4, 0.5) is 0 Å². The Morgan fingerprint density at radius 1 is 1.53 bits per heavy atom. The lowest BCUT2D eigenvalue weighted by Gasteiger charge is -2.35. The van der Waals surface area contributed by atoms with Crippen molar-refractivity contribution in [2.45, 2.75) is 45.7 Å². The van der Waals surface area contributed by atoms with E-state index in [4.69, 9.17) is 0 Å². The zero-order valence-corrected chi connectivity index (χ0v) is 11.0. The molecule has 0 bridgehead atoms. The average molecular weight is 233 g/mol. The van der Waals surface area contributed by atoms with Gasteiger partial charge in [-0.1, -0.05) is 18.6 Å². The summed E-state index contributed by atoms with van der Waals surface area (Å²) in [7, 11) is 0. The lowest BCUT2D eigenvalue weighted by molar-refractivity contribution is 0.141. The molecule has 3 nitrogen and oxygen atoms in total. The molecule has 17 heavy (non-hydrogen) atoms. The largest absolute Gasteiger partial charge is 0.295 e. The van der Waals surface area contributed by atoms with Crippen LogP contribution in [-0.4, -0.2) is 33.8 Å². The highest BCUT2D eigenvalue weighted by Crippen LogP contribution is 2.19. The highest BCUT2D eigenvalue weighted by molar-refractivity contribution is 5.00. The lowest BCUT2D eigenvalue weighted by atomic mass is 10.0. The van der Waals surface area contributed by atoms with Crippen molar-refractivity contribution < 1.29 is 0 Å². The average Bonchev–Trinajstić information content (AvgIpc) is 2.66. The van der Waals surface area contributed by atoms with Crippen LogP contribution >= 0.6 is 0 Å². The van der Waals surface area contributed by atoms with Crippen molar-refractivity contribution in [3.05, 3.63) is 30.1 Å². The van der Waals surface area contributed by atoms with Crippen LogP contribution < -0.4 is 0 Å². The van der Waals surface area contributed by atoms with Gasteiger partial charge in [0.05, 0.1) is 12.7 Å². The monoisotopic (exact) mass is 233 g/mol. The van der Waals surface area contributed by atoms with Crippen molar-refractivity contribution in [2.75, 3.05) is 13.1 Å². The molecule has 1 aromatic rings. The summed E-state index contributed by atoms with van der Waals surface area (Å²) >= 11 is 0. The minimum absolute atomic E-state index is 0.625. The molecule has 2 rings (SSSR count). The minimum Gasteiger partial charge on any atom is -0.295 e. The number of likely N-dealkylation sites (tertiary alicyclic amines) is 1. The van der Waals surface area contributed by atoms with Crippen LogP contribution in [-0.2, 0) is 6.54 Å². The fraction of sp³-hybridized carbons (Fsp3) is 0.643. The fourth-order valence-electron chi connectivity index (χ4n) is 2.60. The maximum absolute atomic E-state index is 4.39. The number of piperidine rings is 1. The van der Waals surface area contributed by atoms with E-state index in [1.807, 2.05) is 6.20 Å². The summed E-state index contributed by atoms with van der Waals surface area (Å²) < 4.78 is 2.08. The van der Waals surface area contributed by atoms with Gasteiger partial charge in [0.1, 0.15) is 0 Å². The zero-order valence-electron chi connectivity index (χ0n) is 11.0. The van der Waals surface area contributed by atoms with Gasteiger partial charge < -0.3 is 0 Å². The van der Waals surface area contributed by atoms with Gasteiger partial charge in [-0.2, -0.15) is 5.10 Å². The van der Waals surface area contributed by atoms with Crippen LogP contribution in [0.5, 0.6) is 0 Å². The Hall–Kier alpha value is -1.09. The molecule has 2 heterocycles. The van der Waals surface area contributed by atoms with Gasteiger partial charge in [-0.25, -0.2) is 0 Å². The standard InChI is InChI=1S/C14H23N3/c1-12(2)9-16-7-5-4-6-14(16)11-17-10-13(3)8-15-17/h8,10,14H,1,4-7,9,11H2,2-3H3/t14-/m0/s1. The Morgan fingerprint density at radius 2 is 2.35 bits per heavy atom. The third-order valence-electron chi connectivity index (χ3n) is 3.38. The molecular weight excluding hydrogens is 210 g/mol. The summed E-state index contributed by atoms with van der Waals surface area (Å²) in [6, 6.07) is 0.625. The molecule has 3 heteroatoms. The van der Waals surface area contributed by atoms with E-state index in [1.165, 1.54) is 36.9 Å². The predicted octanol–water partition coefficient (Wildman–Crippen LogP) is 2.62. The first-order valence-electron chi connectivity index (χ1n) is 6.52. The molecule has 1 saturated heterocycles. The smallest absolute Gasteiger partial charge is 0.0565 e. The molecule has 94 valence electrons. The SMILES string of the molecule is C=C(C)CN1CCCC[C@H]1Cn1cc(C)cn1. The molecule has 0 aliphatic carbocycles. The highest BCUT2D eigenvalue weighted by atomic mass is 15.3. The van der Waals surface area contributed by atoms with Crippen LogP contribution in [0.1, 0.15) is 31.7 Å². The first-order chi connectivity index (χ1) is 8.15. The summed E-state index contributed by atoms with van der Waals surface area (Å²) in [5.74, 6) is 0. The predicted molar refractivity (Wildman–Crippen MR) is 71.0 cm³/mol. The summed E-state index contributed by atoms with van der Waals surface area (Å²) in [6.07, 6.45) is 8.02.